The fourth-order valence-electron chi connectivity index (χ4n) is 1.64. The quantitative estimate of drug-likeness (QED) is 0.772. The first kappa shape index (κ1) is 15.2. The summed E-state index contributed by atoms with van der Waals surface area (Å²) in [4.78, 5) is 4.12. The van der Waals surface area contributed by atoms with Crippen LogP contribution in [0.2, 0.25) is 0 Å². The van der Waals surface area contributed by atoms with Crippen molar-refractivity contribution in [2.24, 2.45) is 0 Å². The van der Waals surface area contributed by atoms with E-state index in [9.17, 15) is 8.42 Å². The topological polar surface area (TPSA) is 56.3 Å². The molecule has 0 unspecified atom stereocenters. The van der Waals surface area contributed by atoms with E-state index in [4.69, 9.17) is 4.18 Å². The van der Waals surface area contributed by atoms with E-state index in [-0.39, 0.29) is 11.5 Å². The van der Waals surface area contributed by atoms with Gasteiger partial charge in [0.05, 0.1) is 11.5 Å². The zero-order valence-corrected chi connectivity index (χ0v) is 13.3. The molecule has 1 aromatic heterocycles. The van der Waals surface area contributed by atoms with Gasteiger partial charge >= 0.3 is 0 Å². The van der Waals surface area contributed by atoms with Crippen molar-refractivity contribution in [2.75, 3.05) is 0 Å². The molecule has 0 N–H and O–H groups in total. The third-order valence-corrected chi connectivity index (χ3v) is 4.47. The summed E-state index contributed by atoms with van der Waals surface area (Å²) < 4.78 is 29.9. The first-order chi connectivity index (χ1) is 9.51. The number of aromatic nitrogens is 1. The van der Waals surface area contributed by atoms with Gasteiger partial charge in [0.1, 0.15) is 0 Å². The summed E-state index contributed by atoms with van der Waals surface area (Å²) in [6.45, 7) is 1.98. The Labute approximate surface area is 127 Å². The van der Waals surface area contributed by atoms with E-state index in [1.807, 2.05) is 6.92 Å². The molecule has 20 heavy (non-hydrogen) atoms. The van der Waals surface area contributed by atoms with Gasteiger partial charge in [-0.1, -0.05) is 19.1 Å². The number of hydrogen-bond acceptors (Lipinski definition) is 4. The first-order valence-corrected chi connectivity index (χ1v) is 8.29. The second-order valence-electron chi connectivity index (χ2n) is 4.23. The molecule has 0 amide bonds. The van der Waals surface area contributed by atoms with Gasteiger partial charge in [-0.2, -0.15) is 8.42 Å². The van der Waals surface area contributed by atoms with Crippen LogP contribution in [0.5, 0.6) is 0 Å². The highest BCUT2D eigenvalue weighted by atomic mass is 79.9. The van der Waals surface area contributed by atoms with Crippen molar-refractivity contribution in [3.05, 3.63) is 58.3 Å². The molecule has 2 aromatic rings. The van der Waals surface area contributed by atoms with Crippen LogP contribution in [0.1, 0.15) is 18.1 Å². The normalized spacial score (nSPS) is 11.5. The largest absolute Gasteiger partial charge is 0.297 e. The molecule has 0 bridgehead atoms. The van der Waals surface area contributed by atoms with Crippen molar-refractivity contribution in [1.82, 2.24) is 4.98 Å². The van der Waals surface area contributed by atoms with Crippen molar-refractivity contribution in [3.8, 4) is 0 Å². The summed E-state index contributed by atoms with van der Waals surface area (Å²) in [7, 11) is -3.74. The van der Waals surface area contributed by atoms with Gasteiger partial charge < -0.3 is 0 Å². The molecule has 0 aliphatic carbocycles. The number of aryl methyl sites for hydroxylation is 1. The van der Waals surface area contributed by atoms with E-state index in [1.165, 1.54) is 0 Å². The molecule has 0 fully saturated rings. The maximum atomic E-state index is 12.0. The standard InChI is InChI=1S/C14H14BrNO3S/c1-2-11-3-5-14(6-4-11)20(17,18)19-10-12-7-13(15)9-16-8-12/h3-9H,2,10H2,1H3. The highest BCUT2D eigenvalue weighted by Crippen LogP contribution is 2.17. The van der Waals surface area contributed by atoms with Crippen LogP contribution in [0, 0.1) is 0 Å². The van der Waals surface area contributed by atoms with E-state index in [0.29, 0.717) is 5.56 Å². The molecule has 0 saturated carbocycles. The lowest BCUT2D eigenvalue weighted by atomic mass is 10.2. The summed E-state index contributed by atoms with van der Waals surface area (Å²) in [5, 5.41) is 0. The summed E-state index contributed by atoms with van der Waals surface area (Å²) >= 11 is 3.28. The van der Waals surface area contributed by atoms with Gasteiger partial charge in [-0.3, -0.25) is 9.17 Å². The summed E-state index contributed by atoms with van der Waals surface area (Å²) in [6, 6.07) is 8.47. The number of pyridine rings is 1. The molecule has 0 radical (unpaired) electrons. The van der Waals surface area contributed by atoms with Gasteiger partial charge in [0, 0.05) is 16.9 Å². The van der Waals surface area contributed by atoms with Gasteiger partial charge in [0.25, 0.3) is 10.1 Å². The summed E-state index contributed by atoms with van der Waals surface area (Å²) in [5.74, 6) is 0. The monoisotopic (exact) mass is 355 g/mol. The second kappa shape index (κ2) is 6.47. The molecule has 6 heteroatoms. The molecular formula is C14H14BrNO3S. The van der Waals surface area contributed by atoms with Gasteiger partial charge in [-0.15, -0.1) is 0 Å². The maximum Gasteiger partial charge on any atom is 0.297 e. The zero-order valence-electron chi connectivity index (χ0n) is 10.9. The predicted octanol–water partition coefficient (Wildman–Crippen LogP) is 3.31. The van der Waals surface area contributed by atoms with Crippen molar-refractivity contribution in [3.63, 3.8) is 0 Å². The highest BCUT2D eigenvalue weighted by molar-refractivity contribution is 9.10. The molecule has 0 spiro atoms. The van der Waals surface area contributed by atoms with Crippen LogP contribution in [0.25, 0.3) is 0 Å². The Morgan fingerprint density at radius 3 is 2.45 bits per heavy atom. The average molecular weight is 356 g/mol. The highest BCUT2D eigenvalue weighted by Gasteiger charge is 2.15. The Morgan fingerprint density at radius 2 is 1.85 bits per heavy atom. The minimum absolute atomic E-state index is 0.0374. The molecule has 1 heterocycles. The fourth-order valence-corrected chi connectivity index (χ4v) is 2.95. The molecule has 4 nitrogen and oxygen atoms in total. The summed E-state index contributed by atoms with van der Waals surface area (Å²) in [6.07, 6.45) is 4.06. The third kappa shape index (κ3) is 3.88. The van der Waals surface area contributed by atoms with Gasteiger partial charge in [0.2, 0.25) is 0 Å². The van der Waals surface area contributed by atoms with Gasteiger partial charge in [-0.05, 0) is 51.7 Å². The predicted molar refractivity (Wildman–Crippen MR) is 79.7 cm³/mol. The van der Waals surface area contributed by atoms with Crippen LogP contribution in [-0.4, -0.2) is 13.4 Å². The lowest BCUT2D eigenvalue weighted by molar-refractivity contribution is 0.307. The molecule has 0 aliphatic rings. The number of rotatable bonds is 5. The third-order valence-electron chi connectivity index (χ3n) is 2.76. The molecule has 0 atom stereocenters. The van der Waals surface area contributed by atoms with Crippen LogP contribution in [-0.2, 0) is 27.3 Å². The van der Waals surface area contributed by atoms with Gasteiger partial charge in [-0.25, -0.2) is 0 Å². The van der Waals surface area contributed by atoms with Crippen LogP contribution in [0.3, 0.4) is 0 Å². The lowest BCUT2D eigenvalue weighted by Gasteiger charge is -2.06. The van der Waals surface area contributed by atoms with E-state index in [2.05, 4.69) is 20.9 Å². The van der Waals surface area contributed by atoms with Crippen molar-refractivity contribution < 1.29 is 12.6 Å². The van der Waals surface area contributed by atoms with Crippen LogP contribution >= 0.6 is 15.9 Å². The number of halogens is 1. The minimum atomic E-state index is -3.74. The van der Waals surface area contributed by atoms with Crippen molar-refractivity contribution in [2.45, 2.75) is 24.8 Å². The van der Waals surface area contributed by atoms with Gasteiger partial charge in [0.15, 0.2) is 0 Å². The molecule has 0 aliphatic heterocycles. The Balaban J connectivity index is 2.10. The molecule has 2 rings (SSSR count). The first-order valence-electron chi connectivity index (χ1n) is 6.09. The molecular weight excluding hydrogens is 342 g/mol. The second-order valence-corrected chi connectivity index (χ2v) is 6.76. The Hall–Kier alpha value is -1.24. The summed E-state index contributed by atoms with van der Waals surface area (Å²) in [5.41, 5.74) is 1.77. The lowest BCUT2D eigenvalue weighted by Crippen LogP contribution is -2.06. The molecule has 0 saturated heterocycles. The van der Waals surface area contributed by atoms with Crippen LogP contribution in [0.4, 0.5) is 0 Å². The zero-order chi connectivity index (χ0) is 14.6. The van der Waals surface area contributed by atoms with Crippen molar-refractivity contribution in [1.29, 1.82) is 0 Å². The number of nitrogens with zero attached hydrogens (tertiary/aromatic N) is 1. The van der Waals surface area contributed by atoms with E-state index in [1.54, 1.807) is 42.7 Å². The Kier molecular flexibility index (Phi) is 4.91. The maximum absolute atomic E-state index is 12.0. The molecule has 1 aromatic carbocycles. The smallest absolute Gasteiger partial charge is 0.263 e. The van der Waals surface area contributed by atoms with Crippen molar-refractivity contribution >= 4 is 26.0 Å². The van der Waals surface area contributed by atoms with E-state index >= 15 is 0 Å². The minimum Gasteiger partial charge on any atom is -0.263 e. The number of hydrogen-bond donors (Lipinski definition) is 0. The SMILES string of the molecule is CCc1ccc(S(=O)(=O)OCc2cncc(Br)c2)cc1. The number of benzene rings is 1. The Bertz CT molecular complexity index is 684. The van der Waals surface area contributed by atoms with Crippen LogP contribution < -0.4 is 0 Å². The average Bonchev–Trinajstić information content (AvgIpc) is 2.45. The van der Waals surface area contributed by atoms with E-state index in [0.717, 1.165) is 16.5 Å². The van der Waals surface area contributed by atoms with Crippen LogP contribution in [0.15, 0.2) is 52.1 Å². The molecule has 106 valence electrons. The van der Waals surface area contributed by atoms with E-state index < -0.39 is 10.1 Å². The Morgan fingerprint density at radius 1 is 1.15 bits per heavy atom. The fraction of sp³-hybridized carbons (Fsp3) is 0.214.